The fourth-order valence-corrected chi connectivity index (χ4v) is 3.90. The van der Waals surface area contributed by atoms with E-state index in [0.29, 0.717) is 19.6 Å². The van der Waals surface area contributed by atoms with E-state index in [4.69, 9.17) is 0 Å². The molecular formula is C24H26N4O2. The highest BCUT2D eigenvalue weighted by atomic mass is 16.2. The third-order valence-electron chi connectivity index (χ3n) is 5.43. The molecule has 1 aliphatic heterocycles. The number of nitrogens with one attached hydrogen (secondary N) is 1. The molecule has 30 heavy (non-hydrogen) atoms. The lowest BCUT2D eigenvalue weighted by Crippen LogP contribution is -2.28. The zero-order valence-corrected chi connectivity index (χ0v) is 17.3. The molecule has 6 heteroatoms. The number of carbonyl (C=O) groups is 2. The Balaban J connectivity index is 1.38. The molecule has 1 aliphatic rings. The molecule has 1 unspecified atom stereocenters. The number of nitrogens with zero attached hydrogens (tertiary/aromatic N) is 3. The van der Waals surface area contributed by atoms with Crippen LogP contribution in [-0.4, -0.2) is 33.0 Å². The van der Waals surface area contributed by atoms with E-state index in [-0.39, 0.29) is 24.2 Å². The number of amides is 2. The summed E-state index contributed by atoms with van der Waals surface area (Å²) in [6, 6.07) is 19.7. The number of rotatable bonds is 6. The first-order valence-electron chi connectivity index (χ1n) is 10.2. The Morgan fingerprint density at radius 2 is 1.80 bits per heavy atom. The van der Waals surface area contributed by atoms with E-state index >= 15 is 0 Å². The van der Waals surface area contributed by atoms with Crippen LogP contribution in [0.4, 0.5) is 5.69 Å². The van der Waals surface area contributed by atoms with Crippen molar-refractivity contribution >= 4 is 17.5 Å². The van der Waals surface area contributed by atoms with E-state index < -0.39 is 0 Å². The van der Waals surface area contributed by atoms with Crippen molar-refractivity contribution in [3.63, 3.8) is 0 Å². The van der Waals surface area contributed by atoms with Crippen molar-refractivity contribution in [2.45, 2.75) is 33.4 Å². The van der Waals surface area contributed by atoms with E-state index in [1.807, 2.05) is 79.2 Å². The maximum atomic E-state index is 12.8. The molecule has 1 fully saturated rings. The maximum absolute atomic E-state index is 12.8. The predicted octanol–water partition coefficient (Wildman–Crippen LogP) is 3.54. The van der Waals surface area contributed by atoms with Crippen molar-refractivity contribution in [3.8, 4) is 0 Å². The standard InChI is InChI=1S/C24H26N4O2/c1-17-11-18(2)28(26-17)15-20-9-6-10-22(12-20)25-24(30)21-13-23(29)27(16-21)14-19-7-4-3-5-8-19/h3-12,21H,13-16H2,1-2H3,(H,25,30). The number of hydrogen-bond donors (Lipinski definition) is 1. The van der Waals surface area contributed by atoms with Gasteiger partial charge in [0.2, 0.25) is 11.8 Å². The maximum Gasteiger partial charge on any atom is 0.229 e. The number of likely N-dealkylation sites (tertiary alicyclic amines) is 1. The van der Waals surface area contributed by atoms with Crippen molar-refractivity contribution in [2.24, 2.45) is 5.92 Å². The zero-order chi connectivity index (χ0) is 21.1. The Morgan fingerprint density at radius 1 is 1.03 bits per heavy atom. The van der Waals surface area contributed by atoms with Gasteiger partial charge in [0.15, 0.2) is 0 Å². The number of hydrogen-bond acceptors (Lipinski definition) is 3. The lowest BCUT2D eigenvalue weighted by molar-refractivity contribution is -0.128. The van der Waals surface area contributed by atoms with Crippen LogP contribution >= 0.6 is 0 Å². The first kappa shape index (κ1) is 19.9. The molecule has 3 aromatic rings. The van der Waals surface area contributed by atoms with Gasteiger partial charge in [-0.3, -0.25) is 14.3 Å². The van der Waals surface area contributed by atoms with Gasteiger partial charge in [0.1, 0.15) is 0 Å². The molecule has 2 aromatic carbocycles. The van der Waals surface area contributed by atoms with Gasteiger partial charge in [0.05, 0.1) is 18.2 Å². The minimum absolute atomic E-state index is 0.0253. The van der Waals surface area contributed by atoms with Gasteiger partial charge in [-0.2, -0.15) is 5.10 Å². The molecule has 0 saturated carbocycles. The second-order valence-corrected chi connectivity index (χ2v) is 7.94. The van der Waals surface area contributed by atoms with Crippen LogP contribution in [0.3, 0.4) is 0 Å². The van der Waals surface area contributed by atoms with E-state index in [1.165, 1.54) is 0 Å². The van der Waals surface area contributed by atoms with Crippen molar-refractivity contribution in [2.75, 3.05) is 11.9 Å². The normalized spacial score (nSPS) is 16.1. The first-order chi connectivity index (χ1) is 14.5. The highest BCUT2D eigenvalue weighted by molar-refractivity contribution is 5.97. The molecule has 0 bridgehead atoms. The van der Waals surface area contributed by atoms with Crippen molar-refractivity contribution < 1.29 is 9.59 Å². The van der Waals surface area contributed by atoms with E-state index in [9.17, 15) is 9.59 Å². The van der Waals surface area contributed by atoms with Gasteiger partial charge in [0, 0.05) is 30.9 Å². The van der Waals surface area contributed by atoms with E-state index in [2.05, 4.69) is 10.4 Å². The van der Waals surface area contributed by atoms with Crippen LogP contribution < -0.4 is 5.32 Å². The molecule has 2 heterocycles. The number of anilines is 1. The Morgan fingerprint density at radius 3 is 2.53 bits per heavy atom. The number of aryl methyl sites for hydroxylation is 2. The topological polar surface area (TPSA) is 67.2 Å². The summed E-state index contributed by atoms with van der Waals surface area (Å²) in [6.45, 7) is 5.65. The van der Waals surface area contributed by atoms with Crippen LogP contribution in [0.1, 0.15) is 28.9 Å². The molecule has 0 radical (unpaired) electrons. The molecule has 1 saturated heterocycles. The van der Waals surface area contributed by atoms with Gasteiger partial charge in [0.25, 0.3) is 0 Å². The van der Waals surface area contributed by atoms with E-state index in [1.54, 1.807) is 4.90 Å². The second kappa shape index (κ2) is 8.53. The Bertz CT molecular complexity index is 1060. The summed E-state index contributed by atoms with van der Waals surface area (Å²) in [6.07, 6.45) is 0.254. The van der Waals surface area contributed by atoms with Crippen LogP contribution in [0, 0.1) is 19.8 Å². The highest BCUT2D eigenvalue weighted by Gasteiger charge is 2.34. The largest absolute Gasteiger partial charge is 0.338 e. The highest BCUT2D eigenvalue weighted by Crippen LogP contribution is 2.22. The van der Waals surface area contributed by atoms with Crippen molar-refractivity contribution in [3.05, 3.63) is 83.2 Å². The molecule has 154 valence electrons. The molecule has 1 N–H and O–H groups in total. The minimum atomic E-state index is -0.333. The smallest absolute Gasteiger partial charge is 0.229 e. The minimum Gasteiger partial charge on any atom is -0.338 e. The number of carbonyl (C=O) groups excluding carboxylic acids is 2. The molecule has 1 atom stereocenters. The Hall–Kier alpha value is -3.41. The summed E-state index contributed by atoms with van der Waals surface area (Å²) in [4.78, 5) is 26.9. The Labute approximate surface area is 176 Å². The average molecular weight is 402 g/mol. The molecule has 6 nitrogen and oxygen atoms in total. The van der Waals surface area contributed by atoms with Gasteiger partial charge >= 0.3 is 0 Å². The second-order valence-electron chi connectivity index (χ2n) is 7.94. The summed E-state index contributed by atoms with van der Waals surface area (Å²) < 4.78 is 1.95. The molecule has 0 spiro atoms. The third kappa shape index (κ3) is 4.59. The summed E-state index contributed by atoms with van der Waals surface area (Å²) in [7, 11) is 0. The van der Waals surface area contributed by atoms with Gasteiger partial charge in [-0.05, 0) is 43.2 Å². The fourth-order valence-electron chi connectivity index (χ4n) is 3.90. The van der Waals surface area contributed by atoms with Gasteiger partial charge in [-0.25, -0.2) is 0 Å². The van der Waals surface area contributed by atoms with Gasteiger partial charge in [-0.15, -0.1) is 0 Å². The summed E-state index contributed by atoms with van der Waals surface area (Å²) in [5.41, 5.74) is 4.97. The van der Waals surface area contributed by atoms with Crippen LogP contribution in [0.15, 0.2) is 60.7 Å². The van der Waals surface area contributed by atoms with Gasteiger partial charge < -0.3 is 10.2 Å². The average Bonchev–Trinajstić information content (AvgIpc) is 3.24. The molecule has 4 rings (SSSR count). The van der Waals surface area contributed by atoms with Crippen LogP contribution in [-0.2, 0) is 22.7 Å². The molecule has 2 amide bonds. The molecule has 0 aliphatic carbocycles. The van der Waals surface area contributed by atoms with Crippen molar-refractivity contribution in [1.29, 1.82) is 0 Å². The van der Waals surface area contributed by atoms with Crippen LogP contribution in [0.2, 0.25) is 0 Å². The predicted molar refractivity (Wildman–Crippen MR) is 116 cm³/mol. The quantitative estimate of drug-likeness (QED) is 0.686. The summed E-state index contributed by atoms with van der Waals surface area (Å²) >= 11 is 0. The molecule has 1 aromatic heterocycles. The van der Waals surface area contributed by atoms with Gasteiger partial charge in [-0.1, -0.05) is 42.5 Å². The Kier molecular flexibility index (Phi) is 5.65. The third-order valence-corrected chi connectivity index (χ3v) is 5.43. The lowest BCUT2D eigenvalue weighted by Gasteiger charge is -2.17. The molecular weight excluding hydrogens is 376 g/mol. The lowest BCUT2D eigenvalue weighted by atomic mass is 10.1. The first-order valence-corrected chi connectivity index (χ1v) is 10.2. The van der Waals surface area contributed by atoms with E-state index in [0.717, 1.165) is 28.2 Å². The number of aromatic nitrogens is 2. The summed E-state index contributed by atoms with van der Waals surface area (Å²) in [5, 5.41) is 7.48. The summed E-state index contributed by atoms with van der Waals surface area (Å²) in [5.74, 6) is -0.416. The zero-order valence-electron chi connectivity index (χ0n) is 17.3. The number of benzene rings is 2. The monoisotopic (exact) mass is 402 g/mol. The van der Waals surface area contributed by atoms with Crippen LogP contribution in [0.5, 0.6) is 0 Å². The van der Waals surface area contributed by atoms with Crippen LogP contribution in [0.25, 0.3) is 0 Å². The van der Waals surface area contributed by atoms with Crippen molar-refractivity contribution in [1.82, 2.24) is 14.7 Å². The SMILES string of the molecule is Cc1cc(C)n(Cc2cccc(NC(=O)C3CC(=O)N(Cc4ccccc4)C3)c2)n1. The fraction of sp³-hybridized carbons (Fsp3) is 0.292.